The SMILES string of the molecule is OC(c1ccc(Br)s1)c1ccc(C(F)(F)F)nc1Cl. The first-order chi connectivity index (χ1) is 8.79. The highest BCUT2D eigenvalue weighted by molar-refractivity contribution is 9.11. The third kappa shape index (κ3) is 3.28. The largest absolute Gasteiger partial charge is 0.433 e. The van der Waals surface area contributed by atoms with E-state index in [9.17, 15) is 18.3 Å². The van der Waals surface area contributed by atoms with Crippen molar-refractivity contribution in [3.63, 3.8) is 0 Å². The van der Waals surface area contributed by atoms with Gasteiger partial charge in [0.15, 0.2) is 0 Å². The van der Waals surface area contributed by atoms with Gasteiger partial charge in [-0.25, -0.2) is 4.98 Å². The van der Waals surface area contributed by atoms with E-state index in [1.54, 1.807) is 12.1 Å². The van der Waals surface area contributed by atoms with Crippen molar-refractivity contribution in [2.24, 2.45) is 0 Å². The lowest BCUT2D eigenvalue weighted by atomic mass is 10.1. The fourth-order valence-electron chi connectivity index (χ4n) is 1.44. The minimum atomic E-state index is -4.56. The molecule has 1 N–H and O–H groups in total. The number of aliphatic hydroxyl groups is 1. The van der Waals surface area contributed by atoms with E-state index >= 15 is 0 Å². The highest BCUT2D eigenvalue weighted by atomic mass is 79.9. The molecule has 2 aromatic rings. The Kier molecular flexibility index (Phi) is 4.20. The van der Waals surface area contributed by atoms with Gasteiger partial charge >= 0.3 is 6.18 Å². The normalized spacial score (nSPS) is 13.6. The molecule has 1 unspecified atom stereocenters. The van der Waals surface area contributed by atoms with E-state index in [0.29, 0.717) is 4.88 Å². The number of aromatic nitrogens is 1. The molecule has 102 valence electrons. The number of thiophene rings is 1. The van der Waals surface area contributed by atoms with E-state index in [0.717, 1.165) is 15.9 Å². The second kappa shape index (κ2) is 5.40. The summed E-state index contributed by atoms with van der Waals surface area (Å²) in [4.78, 5) is 3.84. The Bertz CT molecular complexity index is 602. The summed E-state index contributed by atoms with van der Waals surface area (Å²) in [7, 11) is 0. The molecule has 0 bridgehead atoms. The first-order valence-electron chi connectivity index (χ1n) is 4.96. The summed E-state index contributed by atoms with van der Waals surface area (Å²) in [5, 5.41) is 9.71. The van der Waals surface area contributed by atoms with Gasteiger partial charge in [0, 0.05) is 10.4 Å². The maximum absolute atomic E-state index is 12.4. The summed E-state index contributed by atoms with van der Waals surface area (Å²) in [5.74, 6) is 0. The van der Waals surface area contributed by atoms with Crippen LogP contribution in [-0.4, -0.2) is 10.1 Å². The zero-order valence-corrected chi connectivity index (χ0v) is 12.2. The molecule has 1 atom stereocenters. The van der Waals surface area contributed by atoms with Gasteiger partial charge in [0.2, 0.25) is 0 Å². The highest BCUT2D eigenvalue weighted by Crippen LogP contribution is 2.35. The summed E-state index contributed by atoms with van der Waals surface area (Å²) in [5.41, 5.74) is -0.940. The molecule has 2 heterocycles. The molecule has 0 aliphatic heterocycles. The highest BCUT2D eigenvalue weighted by Gasteiger charge is 2.33. The number of hydrogen-bond donors (Lipinski definition) is 1. The zero-order valence-electron chi connectivity index (χ0n) is 9.08. The van der Waals surface area contributed by atoms with Crippen molar-refractivity contribution in [2.75, 3.05) is 0 Å². The van der Waals surface area contributed by atoms with E-state index in [-0.39, 0.29) is 10.7 Å². The van der Waals surface area contributed by atoms with Gasteiger partial charge in [-0.05, 0) is 34.1 Å². The molecule has 19 heavy (non-hydrogen) atoms. The van der Waals surface area contributed by atoms with Gasteiger partial charge in [-0.1, -0.05) is 17.7 Å². The van der Waals surface area contributed by atoms with Crippen LogP contribution in [0.1, 0.15) is 22.2 Å². The molecule has 0 amide bonds. The molecule has 8 heteroatoms. The van der Waals surface area contributed by atoms with Crippen LogP contribution < -0.4 is 0 Å². The second-order valence-corrected chi connectivity index (χ2v) is 6.47. The van der Waals surface area contributed by atoms with Crippen LogP contribution in [0.4, 0.5) is 13.2 Å². The Morgan fingerprint density at radius 2 is 1.95 bits per heavy atom. The van der Waals surface area contributed by atoms with Gasteiger partial charge in [-0.3, -0.25) is 0 Å². The van der Waals surface area contributed by atoms with Crippen LogP contribution in [0.3, 0.4) is 0 Å². The quantitative estimate of drug-likeness (QED) is 0.778. The summed E-state index contributed by atoms with van der Waals surface area (Å²) < 4.78 is 38.1. The molecule has 0 aliphatic rings. The van der Waals surface area contributed by atoms with Gasteiger partial charge < -0.3 is 5.11 Å². The lowest BCUT2D eigenvalue weighted by Gasteiger charge is -2.12. The van der Waals surface area contributed by atoms with E-state index in [1.807, 2.05) is 0 Å². The third-order valence-corrected chi connectivity index (χ3v) is 4.30. The Morgan fingerprint density at radius 3 is 2.42 bits per heavy atom. The van der Waals surface area contributed by atoms with E-state index in [2.05, 4.69) is 20.9 Å². The average Bonchev–Trinajstić information content (AvgIpc) is 2.73. The molecule has 0 aliphatic carbocycles. The summed E-state index contributed by atoms with van der Waals surface area (Å²) in [6, 6.07) is 5.32. The van der Waals surface area contributed by atoms with Crippen LogP contribution in [0, 0.1) is 0 Å². The molecule has 0 saturated carbocycles. The van der Waals surface area contributed by atoms with Gasteiger partial charge in [-0.2, -0.15) is 13.2 Å². The van der Waals surface area contributed by atoms with Gasteiger partial charge in [0.1, 0.15) is 17.0 Å². The molecular formula is C11H6BrClF3NOS. The van der Waals surface area contributed by atoms with Crippen molar-refractivity contribution in [2.45, 2.75) is 12.3 Å². The van der Waals surface area contributed by atoms with Crippen molar-refractivity contribution in [3.05, 3.63) is 49.3 Å². The van der Waals surface area contributed by atoms with E-state index < -0.39 is 18.0 Å². The minimum absolute atomic E-state index is 0.143. The first-order valence-corrected chi connectivity index (χ1v) is 6.94. The molecule has 0 radical (unpaired) electrons. The Morgan fingerprint density at radius 1 is 1.26 bits per heavy atom. The molecule has 0 aromatic carbocycles. The maximum Gasteiger partial charge on any atom is 0.433 e. The molecular weight excluding hydrogens is 367 g/mol. The van der Waals surface area contributed by atoms with Crippen molar-refractivity contribution in [3.8, 4) is 0 Å². The van der Waals surface area contributed by atoms with Crippen LogP contribution in [-0.2, 0) is 6.18 Å². The van der Waals surface area contributed by atoms with Crippen LogP contribution in [0.2, 0.25) is 5.15 Å². The fourth-order valence-corrected chi connectivity index (χ4v) is 3.12. The number of nitrogens with zero attached hydrogens (tertiary/aromatic N) is 1. The Hall–Kier alpha value is -0.630. The van der Waals surface area contributed by atoms with Gasteiger partial charge in [0.05, 0.1) is 3.79 Å². The van der Waals surface area contributed by atoms with Crippen molar-refractivity contribution < 1.29 is 18.3 Å². The minimum Gasteiger partial charge on any atom is -0.383 e. The van der Waals surface area contributed by atoms with Crippen LogP contribution >= 0.6 is 38.9 Å². The molecule has 0 spiro atoms. The number of halogens is 5. The van der Waals surface area contributed by atoms with Gasteiger partial charge in [-0.15, -0.1) is 11.3 Å². The van der Waals surface area contributed by atoms with Crippen LogP contribution in [0.25, 0.3) is 0 Å². The maximum atomic E-state index is 12.4. The zero-order chi connectivity index (χ0) is 14.2. The molecule has 2 aromatic heterocycles. The topological polar surface area (TPSA) is 33.1 Å². The summed E-state index contributed by atoms with van der Waals surface area (Å²) >= 11 is 10.2. The lowest BCUT2D eigenvalue weighted by Crippen LogP contribution is -2.09. The van der Waals surface area contributed by atoms with E-state index in [1.165, 1.54) is 11.3 Å². The molecule has 0 fully saturated rings. The third-order valence-electron chi connectivity index (χ3n) is 2.33. The first kappa shape index (κ1) is 14.8. The predicted octanol–water partition coefficient (Wildman–Crippen LogP) is 4.66. The van der Waals surface area contributed by atoms with Crippen molar-refractivity contribution >= 4 is 38.9 Å². The van der Waals surface area contributed by atoms with E-state index in [4.69, 9.17) is 11.6 Å². The number of aliphatic hydroxyl groups excluding tert-OH is 1. The molecule has 2 rings (SSSR count). The fraction of sp³-hybridized carbons (Fsp3) is 0.182. The predicted molar refractivity (Wildman–Crippen MR) is 70.3 cm³/mol. The smallest absolute Gasteiger partial charge is 0.383 e. The summed E-state index contributed by atoms with van der Waals surface area (Å²) in [6.07, 6.45) is -5.65. The average molecular weight is 373 g/mol. The number of alkyl halides is 3. The number of hydrogen-bond acceptors (Lipinski definition) is 3. The standard InChI is InChI=1S/C11H6BrClF3NOS/c12-8-4-2-6(19-8)9(18)5-1-3-7(11(14,15)16)17-10(5)13/h1-4,9,18H. The second-order valence-electron chi connectivity index (χ2n) is 3.62. The van der Waals surface area contributed by atoms with Crippen molar-refractivity contribution in [1.29, 1.82) is 0 Å². The Labute approximate surface area is 124 Å². The Balaban J connectivity index is 2.36. The monoisotopic (exact) mass is 371 g/mol. The van der Waals surface area contributed by atoms with Crippen LogP contribution in [0.5, 0.6) is 0 Å². The molecule has 0 saturated heterocycles. The summed E-state index contributed by atoms with van der Waals surface area (Å²) in [6.45, 7) is 0. The van der Waals surface area contributed by atoms with Gasteiger partial charge in [0.25, 0.3) is 0 Å². The molecule has 2 nitrogen and oxygen atoms in total. The van der Waals surface area contributed by atoms with Crippen LogP contribution in [0.15, 0.2) is 28.1 Å². The number of rotatable bonds is 2. The van der Waals surface area contributed by atoms with Crippen molar-refractivity contribution in [1.82, 2.24) is 4.98 Å². The lowest BCUT2D eigenvalue weighted by molar-refractivity contribution is -0.141. The number of pyridine rings is 1.